The van der Waals surface area contributed by atoms with Gasteiger partial charge in [0, 0.05) is 33.1 Å². The van der Waals surface area contributed by atoms with Gasteiger partial charge >= 0.3 is 0 Å². The molecule has 0 spiro atoms. The third-order valence-corrected chi connectivity index (χ3v) is 18.3. The minimum absolute atomic E-state index is 0.00863. The van der Waals surface area contributed by atoms with Crippen molar-refractivity contribution in [2.24, 2.45) is 11.8 Å². The molecule has 0 aromatic heterocycles. The molecular formula is C26H54O3Si3. The maximum Gasteiger partial charge on any atom is 0.191 e. The average molecular weight is 499 g/mol. The van der Waals surface area contributed by atoms with Crippen LogP contribution in [0.5, 0.6) is 0 Å². The molecule has 6 heteroatoms. The van der Waals surface area contributed by atoms with E-state index in [2.05, 4.69) is 106 Å². The third kappa shape index (κ3) is 8.35. The fourth-order valence-electron chi connectivity index (χ4n) is 3.32. The van der Waals surface area contributed by atoms with Crippen LogP contribution in [0.25, 0.3) is 0 Å². The molecule has 1 aliphatic heterocycles. The van der Waals surface area contributed by atoms with E-state index >= 15 is 0 Å². The summed E-state index contributed by atoms with van der Waals surface area (Å²) in [5.41, 5.74) is 0. The molecule has 0 aromatic rings. The first-order chi connectivity index (χ1) is 14.2. The maximum absolute atomic E-state index is 6.73. The summed E-state index contributed by atoms with van der Waals surface area (Å²) in [5, 5.41) is 0.389. The van der Waals surface area contributed by atoms with Gasteiger partial charge in [0.1, 0.15) is 0 Å². The minimum Gasteiger partial charge on any atom is -0.416 e. The first kappa shape index (κ1) is 30.0. The van der Waals surface area contributed by atoms with Crippen molar-refractivity contribution >= 4 is 24.7 Å². The van der Waals surface area contributed by atoms with Crippen LogP contribution >= 0.6 is 0 Å². The van der Waals surface area contributed by atoms with Crippen LogP contribution in [0.1, 0.15) is 41.5 Å². The highest BCUT2D eigenvalue weighted by atomic mass is 28.4. The first-order valence-corrected chi connectivity index (χ1v) is 22.0. The number of hydrogen-bond acceptors (Lipinski definition) is 3. The van der Waals surface area contributed by atoms with Gasteiger partial charge in [0.25, 0.3) is 0 Å². The summed E-state index contributed by atoms with van der Waals surface area (Å²) < 4.78 is 20.0. The second-order valence-corrected chi connectivity index (χ2v) is 29.1. The molecule has 1 fully saturated rings. The maximum atomic E-state index is 6.73. The van der Waals surface area contributed by atoms with E-state index in [4.69, 9.17) is 13.6 Å². The van der Waals surface area contributed by atoms with E-state index in [1.54, 1.807) is 0 Å². The summed E-state index contributed by atoms with van der Waals surface area (Å²) in [5.74, 6) is 0.558. The quantitative estimate of drug-likeness (QED) is 0.225. The molecule has 32 heavy (non-hydrogen) atoms. The lowest BCUT2D eigenvalue weighted by molar-refractivity contribution is 0.0735. The number of allylic oxidation sites excluding steroid dienone is 1. The van der Waals surface area contributed by atoms with E-state index in [0.717, 1.165) is 13.2 Å². The number of ether oxygens (including phenoxy) is 1. The molecular weight excluding hydrogens is 445 g/mol. The van der Waals surface area contributed by atoms with Crippen LogP contribution in [0.15, 0.2) is 24.8 Å². The summed E-state index contributed by atoms with van der Waals surface area (Å²) in [7, 11) is -4.82. The molecule has 0 N–H and O–H groups in total. The molecule has 0 saturated carbocycles. The zero-order chi connectivity index (χ0) is 25.2. The van der Waals surface area contributed by atoms with E-state index in [0.29, 0.717) is 0 Å². The molecule has 188 valence electrons. The van der Waals surface area contributed by atoms with Crippen molar-refractivity contribution < 1.29 is 13.6 Å². The Kier molecular flexibility index (Phi) is 10.1. The molecule has 1 heterocycles. The molecule has 0 aliphatic carbocycles. The van der Waals surface area contributed by atoms with E-state index in [-0.39, 0.29) is 34.1 Å². The Balaban J connectivity index is 3.13. The second-order valence-electron chi connectivity index (χ2n) is 14.0. The van der Waals surface area contributed by atoms with Crippen LogP contribution in [0, 0.1) is 11.8 Å². The number of rotatable bonds is 10. The van der Waals surface area contributed by atoms with Gasteiger partial charge in [-0.05, 0) is 42.3 Å². The molecule has 4 atom stereocenters. The molecule has 0 amide bonds. The normalized spacial score (nSPS) is 26.2. The molecule has 0 radical (unpaired) electrons. The Morgan fingerprint density at radius 1 is 0.750 bits per heavy atom. The highest BCUT2D eigenvalue weighted by Gasteiger charge is 2.46. The van der Waals surface area contributed by atoms with E-state index < -0.39 is 24.7 Å². The van der Waals surface area contributed by atoms with Gasteiger partial charge in [-0.2, -0.15) is 0 Å². The van der Waals surface area contributed by atoms with Crippen LogP contribution in [0.2, 0.25) is 61.9 Å². The molecule has 1 aliphatic rings. The largest absolute Gasteiger partial charge is 0.416 e. The van der Waals surface area contributed by atoms with Gasteiger partial charge in [-0.3, -0.25) is 0 Å². The molecule has 1 rings (SSSR count). The summed E-state index contributed by atoms with van der Waals surface area (Å²) >= 11 is 0. The monoisotopic (exact) mass is 498 g/mol. The van der Waals surface area contributed by atoms with E-state index in [1.165, 1.54) is 6.04 Å². The summed E-state index contributed by atoms with van der Waals surface area (Å²) in [6.07, 6.45) is 6.71. The van der Waals surface area contributed by atoms with Crippen molar-refractivity contribution in [3.63, 3.8) is 0 Å². The smallest absolute Gasteiger partial charge is 0.191 e. The zero-order valence-electron chi connectivity index (χ0n) is 23.6. The fraction of sp³-hybridized carbons (Fsp3) is 0.846. The Hall–Kier alpha value is 0.0106. The topological polar surface area (TPSA) is 27.7 Å². The SMILES string of the molecule is C=C[C@H]1O[C@@H](/C=C/C[Si](C)(C)C)[C@@H](CO[Si](C)(C)C(C)(C)C)[C@H]1CO[Si](C)(C)C(C)(C)C. The lowest BCUT2D eigenvalue weighted by Crippen LogP contribution is -2.45. The average Bonchev–Trinajstić information content (AvgIpc) is 2.92. The molecule has 1 saturated heterocycles. The predicted octanol–water partition coefficient (Wildman–Crippen LogP) is 8.11. The summed E-state index contributed by atoms with van der Waals surface area (Å²) in [4.78, 5) is 0. The highest BCUT2D eigenvalue weighted by Crippen LogP contribution is 2.42. The fourth-order valence-corrected chi connectivity index (χ4v) is 6.25. The van der Waals surface area contributed by atoms with E-state index in [1.807, 2.05) is 6.08 Å². The third-order valence-electron chi connectivity index (χ3n) is 7.88. The second kappa shape index (κ2) is 10.7. The highest BCUT2D eigenvalue weighted by molar-refractivity contribution is 6.76. The Bertz CT molecular complexity index is 636. The Morgan fingerprint density at radius 3 is 1.50 bits per heavy atom. The van der Waals surface area contributed by atoms with Crippen LogP contribution in [0.4, 0.5) is 0 Å². The van der Waals surface area contributed by atoms with Crippen molar-refractivity contribution in [3.05, 3.63) is 24.8 Å². The molecule has 3 nitrogen and oxygen atoms in total. The Labute approximate surface area is 203 Å². The molecule has 0 aromatic carbocycles. The zero-order valence-corrected chi connectivity index (χ0v) is 26.6. The van der Waals surface area contributed by atoms with Crippen LogP contribution < -0.4 is 0 Å². The van der Waals surface area contributed by atoms with Crippen molar-refractivity contribution in [1.29, 1.82) is 0 Å². The lowest BCUT2D eigenvalue weighted by Gasteiger charge is -2.39. The van der Waals surface area contributed by atoms with Gasteiger partial charge < -0.3 is 13.6 Å². The Morgan fingerprint density at radius 2 is 1.16 bits per heavy atom. The van der Waals surface area contributed by atoms with Crippen LogP contribution in [-0.2, 0) is 13.6 Å². The van der Waals surface area contributed by atoms with Crippen molar-refractivity contribution in [3.8, 4) is 0 Å². The standard InChI is InChI=1S/C26H54O3Si3/c1-15-23-21(19-27-31(11,12)25(2,3)4)22(20-28-32(13,14)26(5,6)7)24(29-23)17-16-18-30(8,9)10/h15-17,21-24H,1,18-20H2,2-14H3/b17-16+/t21-,22+,23-,24+/m1/s1. The van der Waals surface area contributed by atoms with Gasteiger partial charge in [0.15, 0.2) is 16.6 Å². The number of hydrogen-bond donors (Lipinski definition) is 0. The van der Waals surface area contributed by atoms with Crippen molar-refractivity contribution in [1.82, 2.24) is 0 Å². The summed E-state index contributed by atoms with van der Waals surface area (Å²) in [6, 6.07) is 1.17. The van der Waals surface area contributed by atoms with Gasteiger partial charge in [0.2, 0.25) is 0 Å². The first-order valence-electron chi connectivity index (χ1n) is 12.4. The lowest BCUT2D eigenvalue weighted by atomic mass is 9.88. The van der Waals surface area contributed by atoms with Gasteiger partial charge in [-0.15, -0.1) is 6.58 Å². The van der Waals surface area contributed by atoms with Crippen LogP contribution in [0.3, 0.4) is 0 Å². The summed E-state index contributed by atoms with van der Waals surface area (Å²) in [6.45, 7) is 35.9. The molecule has 0 bridgehead atoms. The van der Waals surface area contributed by atoms with Gasteiger partial charge in [0.05, 0.1) is 12.2 Å². The molecule has 0 unspecified atom stereocenters. The van der Waals surface area contributed by atoms with Gasteiger partial charge in [-0.25, -0.2) is 0 Å². The predicted molar refractivity (Wildman–Crippen MR) is 149 cm³/mol. The van der Waals surface area contributed by atoms with Gasteiger partial charge in [-0.1, -0.05) is 79.4 Å². The van der Waals surface area contributed by atoms with Crippen molar-refractivity contribution in [2.45, 2.75) is 116 Å². The minimum atomic E-state index is -1.85. The van der Waals surface area contributed by atoms with Crippen molar-refractivity contribution in [2.75, 3.05) is 13.2 Å². The van der Waals surface area contributed by atoms with E-state index in [9.17, 15) is 0 Å². The van der Waals surface area contributed by atoms with Crippen LogP contribution in [-0.4, -0.2) is 50.1 Å².